The SMILES string of the molecule is NC(=O)N=NC(=CO)C(=O)OCc1ccccc1. The molecule has 0 unspecified atom stereocenters. The van der Waals surface area contributed by atoms with Gasteiger partial charge in [-0.25, -0.2) is 9.59 Å². The van der Waals surface area contributed by atoms with Gasteiger partial charge in [0.15, 0.2) is 0 Å². The second-order valence-corrected chi connectivity index (χ2v) is 3.11. The van der Waals surface area contributed by atoms with Crippen LogP contribution in [0.15, 0.2) is 52.5 Å². The molecule has 0 spiro atoms. The van der Waals surface area contributed by atoms with Crippen LogP contribution in [0.25, 0.3) is 0 Å². The van der Waals surface area contributed by atoms with E-state index in [-0.39, 0.29) is 6.61 Å². The zero-order valence-electron chi connectivity index (χ0n) is 9.31. The van der Waals surface area contributed by atoms with Crippen LogP contribution < -0.4 is 5.73 Å². The van der Waals surface area contributed by atoms with Crippen LogP contribution in [0.4, 0.5) is 4.79 Å². The number of benzene rings is 1. The smallest absolute Gasteiger partial charge is 0.362 e. The molecule has 0 bridgehead atoms. The number of esters is 1. The molecule has 0 radical (unpaired) electrons. The van der Waals surface area contributed by atoms with Gasteiger partial charge in [0.2, 0.25) is 5.70 Å². The standard InChI is InChI=1S/C11H11N3O4/c12-11(17)14-13-9(6-15)10(16)18-7-8-4-2-1-3-5-8/h1-6,15H,7H2,(H2,12,17). The average Bonchev–Trinajstić information content (AvgIpc) is 2.38. The van der Waals surface area contributed by atoms with Crippen LogP contribution in [0.2, 0.25) is 0 Å². The molecule has 1 aromatic carbocycles. The number of primary amides is 1. The van der Waals surface area contributed by atoms with Crippen LogP contribution in [0.1, 0.15) is 5.56 Å². The number of ether oxygens (including phenoxy) is 1. The summed E-state index contributed by atoms with van der Waals surface area (Å²) in [6, 6.07) is 7.86. The summed E-state index contributed by atoms with van der Waals surface area (Å²) in [7, 11) is 0. The van der Waals surface area contributed by atoms with Crippen molar-refractivity contribution in [1.82, 2.24) is 0 Å². The normalized spacial score (nSPS) is 11.4. The van der Waals surface area contributed by atoms with Crippen molar-refractivity contribution in [2.24, 2.45) is 16.0 Å². The highest BCUT2D eigenvalue weighted by atomic mass is 16.5. The number of amides is 2. The molecule has 0 saturated heterocycles. The van der Waals surface area contributed by atoms with Crippen LogP contribution in [0.3, 0.4) is 0 Å². The number of aliphatic hydroxyl groups is 1. The topological polar surface area (TPSA) is 114 Å². The van der Waals surface area contributed by atoms with E-state index in [1.807, 2.05) is 6.07 Å². The number of hydrogen-bond donors (Lipinski definition) is 2. The van der Waals surface area contributed by atoms with Gasteiger partial charge in [-0.05, 0) is 5.56 Å². The predicted octanol–water partition coefficient (Wildman–Crippen LogP) is 1.66. The van der Waals surface area contributed by atoms with Crippen molar-refractivity contribution in [1.29, 1.82) is 0 Å². The van der Waals surface area contributed by atoms with E-state index in [2.05, 4.69) is 10.2 Å². The number of hydrogen-bond acceptors (Lipinski definition) is 5. The maximum absolute atomic E-state index is 11.4. The number of rotatable bonds is 4. The average molecular weight is 249 g/mol. The summed E-state index contributed by atoms with van der Waals surface area (Å²) in [6.07, 6.45) is 0.389. The highest BCUT2D eigenvalue weighted by Gasteiger charge is 2.11. The lowest BCUT2D eigenvalue weighted by atomic mass is 10.2. The number of carbonyl (C=O) groups excluding carboxylic acids is 2. The molecular formula is C11H11N3O4. The number of aliphatic hydroxyl groups excluding tert-OH is 1. The summed E-state index contributed by atoms with van der Waals surface area (Å²) >= 11 is 0. The quantitative estimate of drug-likeness (QED) is 0.365. The van der Waals surface area contributed by atoms with Gasteiger partial charge in [0.25, 0.3) is 0 Å². The third kappa shape index (κ3) is 4.44. The number of nitrogens with two attached hydrogens (primary N) is 1. The molecule has 7 nitrogen and oxygen atoms in total. The fourth-order valence-electron chi connectivity index (χ4n) is 1.02. The van der Waals surface area contributed by atoms with E-state index < -0.39 is 17.7 Å². The fourth-order valence-corrected chi connectivity index (χ4v) is 1.02. The van der Waals surface area contributed by atoms with Crippen LogP contribution in [0, 0.1) is 0 Å². The molecular weight excluding hydrogens is 238 g/mol. The number of carbonyl (C=O) groups is 2. The van der Waals surface area contributed by atoms with Gasteiger partial charge < -0.3 is 15.6 Å². The number of urea groups is 1. The molecule has 0 aliphatic rings. The summed E-state index contributed by atoms with van der Waals surface area (Å²) in [6.45, 7) is 0.0170. The summed E-state index contributed by atoms with van der Waals surface area (Å²) < 4.78 is 4.84. The van der Waals surface area contributed by atoms with E-state index in [9.17, 15) is 9.59 Å². The van der Waals surface area contributed by atoms with Gasteiger partial charge >= 0.3 is 12.0 Å². The first-order chi connectivity index (χ1) is 8.63. The monoisotopic (exact) mass is 249 g/mol. The first kappa shape index (κ1) is 13.4. The maximum Gasteiger partial charge on any atom is 0.362 e. The van der Waals surface area contributed by atoms with Gasteiger partial charge in [-0.3, -0.25) is 0 Å². The predicted molar refractivity (Wildman–Crippen MR) is 61.4 cm³/mol. The van der Waals surface area contributed by atoms with Gasteiger partial charge in [0, 0.05) is 0 Å². The molecule has 18 heavy (non-hydrogen) atoms. The molecule has 94 valence electrons. The van der Waals surface area contributed by atoms with Crippen LogP contribution in [-0.2, 0) is 16.1 Å². The van der Waals surface area contributed by atoms with E-state index in [0.29, 0.717) is 6.26 Å². The van der Waals surface area contributed by atoms with E-state index >= 15 is 0 Å². The summed E-state index contributed by atoms with van der Waals surface area (Å²) in [4.78, 5) is 21.7. The number of azo groups is 1. The lowest BCUT2D eigenvalue weighted by Gasteiger charge is -2.03. The molecule has 3 N–H and O–H groups in total. The third-order valence-corrected chi connectivity index (χ3v) is 1.80. The maximum atomic E-state index is 11.4. The van der Waals surface area contributed by atoms with Crippen LogP contribution >= 0.6 is 0 Å². The van der Waals surface area contributed by atoms with E-state index in [0.717, 1.165) is 5.56 Å². The first-order valence-electron chi connectivity index (χ1n) is 4.90. The van der Waals surface area contributed by atoms with Crippen molar-refractivity contribution < 1.29 is 19.4 Å². The Bertz CT molecular complexity index is 482. The Morgan fingerprint density at radius 3 is 2.50 bits per heavy atom. The molecule has 0 fully saturated rings. The molecule has 0 atom stereocenters. The van der Waals surface area contributed by atoms with Crippen molar-refractivity contribution in [2.45, 2.75) is 6.61 Å². The van der Waals surface area contributed by atoms with Gasteiger partial charge in [0.1, 0.15) is 12.9 Å². The summed E-state index contributed by atoms with van der Waals surface area (Å²) in [5.74, 6) is -0.911. The Balaban J connectivity index is 2.57. The molecule has 0 aliphatic carbocycles. The molecule has 1 aromatic rings. The largest absolute Gasteiger partial charge is 0.513 e. The highest BCUT2D eigenvalue weighted by Crippen LogP contribution is 2.05. The van der Waals surface area contributed by atoms with Crippen LogP contribution in [0.5, 0.6) is 0 Å². The zero-order valence-corrected chi connectivity index (χ0v) is 9.31. The minimum atomic E-state index is -1.08. The lowest BCUT2D eigenvalue weighted by Crippen LogP contribution is -2.08. The van der Waals surface area contributed by atoms with E-state index in [4.69, 9.17) is 15.6 Å². The molecule has 0 heterocycles. The van der Waals surface area contributed by atoms with Gasteiger partial charge in [0.05, 0.1) is 0 Å². The first-order valence-corrected chi connectivity index (χ1v) is 4.90. The Labute approximate surface area is 103 Å². The minimum Gasteiger partial charge on any atom is -0.513 e. The fraction of sp³-hybridized carbons (Fsp3) is 0.0909. The van der Waals surface area contributed by atoms with Crippen molar-refractivity contribution in [2.75, 3.05) is 0 Å². The Morgan fingerprint density at radius 2 is 1.94 bits per heavy atom. The molecule has 7 heteroatoms. The van der Waals surface area contributed by atoms with Crippen LogP contribution in [-0.4, -0.2) is 17.1 Å². The second-order valence-electron chi connectivity index (χ2n) is 3.11. The van der Waals surface area contributed by atoms with Crippen molar-refractivity contribution in [3.8, 4) is 0 Å². The third-order valence-electron chi connectivity index (χ3n) is 1.80. The Kier molecular flexibility index (Phi) is 5.04. The van der Waals surface area contributed by atoms with E-state index in [1.54, 1.807) is 24.3 Å². The zero-order chi connectivity index (χ0) is 13.4. The molecule has 0 saturated carbocycles. The lowest BCUT2D eigenvalue weighted by molar-refractivity contribution is -0.140. The van der Waals surface area contributed by atoms with Crippen molar-refractivity contribution in [3.63, 3.8) is 0 Å². The Hall–Kier alpha value is -2.70. The van der Waals surface area contributed by atoms with Gasteiger partial charge in [-0.1, -0.05) is 35.4 Å². The van der Waals surface area contributed by atoms with Crippen molar-refractivity contribution in [3.05, 3.63) is 47.9 Å². The molecule has 0 aromatic heterocycles. The Morgan fingerprint density at radius 1 is 1.28 bits per heavy atom. The highest BCUT2D eigenvalue weighted by molar-refractivity contribution is 5.87. The summed E-state index contributed by atoms with van der Waals surface area (Å²) in [5.41, 5.74) is 4.96. The van der Waals surface area contributed by atoms with E-state index in [1.165, 1.54) is 0 Å². The molecule has 2 amide bonds. The van der Waals surface area contributed by atoms with Crippen molar-refractivity contribution >= 4 is 12.0 Å². The summed E-state index contributed by atoms with van der Waals surface area (Å²) in [5, 5.41) is 14.8. The number of nitrogens with zero attached hydrogens (tertiary/aromatic N) is 2. The molecule has 1 rings (SSSR count). The van der Waals surface area contributed by atoms with Gasteiger partial charge in [-0.2, -0.15) is 0 Å². The van der Waals surface area contributed by atoms with Gasteiger partial charge in [-0.15, -0.1) is 5.11 Å². The minimum absolute atomic E-state index is 0.0170. The molecule has 0 aliphatic heterocycles. The second kappa shape index (κ2) is 6.79.